The third kappa shape index (κ3) is 3.28. The molecule has 0 unspecified atom stereocenters. The van der Waals surface area contributed by atoms with E-state index >= 15 is 0 Å². The van der Waals surface area contributed by atoms with Gasteiger partial charge in [0.15, 0.2) is 5.69 Å². The number of nitrogens with zero attached hydrogens (tertiary/aromatic N) is 5. The summed E-state index contributed by atoms with van der Waals surface area (Å²) in [5, 5.41) is 42.5. The van der Waals surface area contributed by atoms with Crippen molar-refractivity contribution in [3.63, 3.8) is 0 Å². The van der Waals surface area contributed by atoms with Crippen LogP contribution < -0.4 is 0 Å². The van der Waals surface area contributed by atoms with Gasteiger partial charge in [-0.15, -0.1) is 10.2 Å². The summed E-state index contributed by atoms with van der Waals surface area (Å²) in [7, 11) is 1.56. The van der Waals surface area contributed by atoms with Gasteiger partial charge in [-0.1, -0.05) is 20.8 Å². The number of hydrogen-bond acceptors (Lipinski definition) is 7. The number of aryl methyl sites for hydroxylation is 1. The molecule has 0 saturated heterocycles. The van der Waals surface area contributed by atoms with Gasteiger partial charge >= 0.3 is 0 Å². The lowest BCUT2D eigenvalue weighted by atomic mass is 9.91. The fraction of sp³-hybridized carbons (Fsp3) is 0.357. The van der Waals surface area contributed by atoms with E-state index in [0.29, 0.717) is 5.69 Å². The molecule has 1 aromatic heterocycles. The minimum absolute atomic E-state index is 0.0673. The van der Waals surface area contributed by atoms with Gasteiger partial charge in [-0.3, -0.25) is 10.1 Å². The van der Waals surface area contributed by atoms with Crippen LogP contribution in [0.25, 0.3) is 0 Å². The Balaban J connectivity index is 2.50. The highest BCUT2D eigenvalue weighted by atomic mass is 16.6. The summed E-state index contributed by atoms with van der Waals surface area (Å²) >= 11 is 0. The van der Waals surface area contributed by atoms with Gasteiger partial charge in [0, 0.05) is 24.6 Å². The van der Waals surface area contributed by atoms with Crippen LogP contribution in [-0.4, -0.2) is 24.9 Å². The van der Waals surface area contributed by atoms with Gasteiger partial charge in [0.25, 0.3) is 5.69 Å². The van der Waals surface area contributed by atoms with Gasteiger partial charge in [-0.05, 0) is 6.07 Å². The zero-order valence-electron chi connectivity index (χ0n) is 13.2. The molecule has 0 aliphatic carbocycles. The van der Waals surface area contributed by atoms with E-state index in [1.807, 2.05) is 20.8 Å². The third-order valence-electron chi connectivity index (χ3n) is 3.13. The van der Waals surface area contributed by atoms with Gasteiger partial charge in [0.1, 0.15) is 11.4 Å². The highest BCUT2D eigenvalue weighted by Gasteiger charge is 2.26. The Morgan fingerprint density at radius 1 is 1.26 bits per heavy atom. The number of aromatic hydroxyl groups is 2. The van der Waals surface area contributed by atoms with E-state index in [2.05, 4.69) is 15.3 Å². The molecule has 0 amide bonds. The fourth-order valence-corrected chi connectivity index (χ4v) is 1.91. The number of nitro groups is 1. The first-order chi connectivity index (χ1) is 10.6. The molecule has 0 bridgehead atoms. The predicted molar refractivity (Wildman–Crippen MR) is 82.5 cm³/mol. The maximum atomic E-state index is 10.8. The van der Waals surface area contributed by atoms with Crippen molar-refractivity contribution < 1.29 is 15.1 Å². The van der Waals surface area contributed by atoms with Crippen molar-refractivity contribution in [2.24, 2.45) is 17.3 Å². The molecule has 2 aromatic rings. The molecule has 2 rings (SSSR count). The molecular formula is C14H17N5O4. The van der Waals surface area contributed by atoms with Crippen LogP contribution in [0.15, 0.2) is 28.4 Å². The van der Waals surface area contributed by atoms with Crippen LogP contribution in [0.3, 0.4) is 0 Å². The second-order valence-electron chi connectivity index (χ2n) is 6.02. The van der Waals surface area contributed by atoms with E-state index in [1.165, 1.54) is 10.7 Å². The molecule has 9 nitrogen and oxygen atoms in total. The van der Waals surface area contributed by atoms with Crippen molar-refractivity contribution in [1.29, 1.82) is 0 Å². The zero-order chi connectivity index (χ0) is 17.4. The molecule has 0 atom stereocenters. The van der Waals surface area contributed by atoms with E-state index in [-0.39, 0.29) is 28.7 Å². The van der Waals surface area contributed by atoms with Crippen LogP contribution in [0.4, 0.5) is 17.1 Å². The molecule has 0 saturated carbocycles. The van der Waals surface area contributed by atoms with Crippen molar-refractivity contribution >= 4 is 17.1 Å². The highest BCUT2D eigenvalue weighted by molar-refractivity contribution is 5.58. The summed E-state index contributed by atoms with van der Waals surface area (Å²) in [6.07, 6.45) is 0. The van der Waals surface area contributed by atoms with Crippen LogP contribution in [0.5, 0.6) is 11.6 Å². The summed E-state index contributed by atoms with van der Waals surface area (Å²) in [5.74, 6) is -0.427. The Hall–Kier alpha value is -2.97. The smallest absolute Gasteiger partial charge is 0.271 e. The first-order valence-corrected chi connectivity index (χ1v) is 6.77. The number of non-ortho nitro benzene ring substituents is 1. The Labute approximate surface area is 132 Å². The SMILES string of the molecule is Cn1nc(C(C)(C)C)c(N=Nc2cc([N+](=O)[O-])ccc2O)c1O. The average molecular weight is 319 g/mol. The number of phenols is 1. The Morgan fingerprint density at radius 2 is 1.91 bits per heavy atom. The van der Waals surface area contributed by atoms with Gasteiger partial charge in [-0.2, -0.15) is 5.10 Å². The second-order valence-corrected chi connectivity index (χ2v) is 6.02. The molecule has 1 heterocycles. The molecule has 122 valence electrons. The third-order valence-corrected chi connectivity index (χ3v) is 3.13. The highest BCUT2D eigenvalue weighted by Crippen LogP contribution is 2.39. The maximum Gasteiger partial charge on any atom is 0.271 e. The summed E-state index contributed by atoms with van der Waals surface area (Å²) in [4.78, 5) is 10.2. The molecule has 0 aliphatic rings. The minimum atomic E-state index is -0.597. The number of azo groups is 1. The zero-order valence-corrected chi connectivity index (χ0v) is 13.2. The molecule has 23 heavy (non-hydrogen) atoms. The van der Waals surface area contributed by atoms with Crippen molar-refractivity contribution in [2.45, 2.75) is 26.2 Å². The largest absolute Gasteiger partial charge is 0.506 e. The molecular weight excluding hydrogens is 302 g/mol. The van der Waals surface area contributed by atoms with Crippen LogP contribution >= 0.6 is 0 Å². The van der Waals surface area contributed by atoms with Crippen molar-refractivity contribution in [2.75, 3.05) is 0 Å². The standard InChI is InChI=1S/C14H17N5O4/c1-14(2,3)12-11(13(21)18(4)17-12)16-15-9-7-8(19(22)23)5-6-10(9)20/h5-7,20-21H,1-4H3. The van der Waals surface area contributed by atoms with Crippen molar-refractivity contribution in [3.05, 3.63) is 34.0 Å². The van der Waals surface area contributed by atoms with Crippen molar-refractivity contribution in [1.82, 2.24) is 9.78 Å². The first-order valence-electron chi connectivity index (χ1n) is 6.77. The van der Waals surface area contributed by atoms with Gasteiger partial charge in [-0.25, -0.2) is 4.68 Å². The van der Waals surface area contributed by atoms with Crippen molar-refractivity contribution in [3.8, 4) is 11.6 Å². The van der Waals surface area contributed by atoms with Gasteiger partial charge in [0.05, 0.1) is 10.6 Å². The summed E-state index contributed by atoms with van der Waals surface area (Å²) < 4.78 is 1.27. The topological polar surface area (TPSA) is 126 Å². The lowest BCUT2D eigenvalue weighted by Crippen LogP contribution is -2.12. The lowest BCUT2D eigenvalue weighted by molar-refractivity contribution is -0.384. The Bertz CT molecular complexity index is 789. The summed E-state index contributed by atoms with van der Waals surface area (Å²) in [6.45, 7) is 5.70. The van der Waals surface area contributed by atoms with Gasteiger partial charge < -0.3 is 10.2 Å². The number of hydrogen-bond donors (Lipinski definition) is 2. The van der Waals surface area contributed by atoms with Crippen LogP contribution in [0, 0.1) is 10.1 Å². The van der Waals surface area contributed by atoms with Gasteiger partial charge in [0.2, 0.25) is 5.88 Å². The van der Waals surface area contributed by atoms with E-state index in [4.69, 9.17) is 0 Å². The maximum absolute atomic E-state index is 10.8. The second kappa shape index (κ2) is 5.67. The van der Waals surface area contributed by atoms with Crippen LogP contribution in [-0.2, 0) is 12.5 Å². The number of aromatic nitrogens is 2. The lowest BCUT2D eigenvalue weighted by Gasteiger charge is -2.15. The van der Waals surface area contributed by atoms with E-state index < -0.39 is 10.3 Å². The quantitative estimate of drug-likeness (QED) is 0.509. The number of phenolic OH excluding ortho intramolecular Hbond substituents is 1. The molecule has 2 N–H and O–H groups in total. The summed E-state index contributed by atoms with van der Waals surface area (Å²) in [6, 6.07) is 3.43. The fourth-order valence-electron chi connectivity index (χ4n) is 1.91. The Morgan fingerprint density at radius 3 is 2.48 bits per heavy atom. The molecule has 9 heteroatoms. The average Bonchev–Trinajstić information content (AvgIpc) is 2.74. The molecule has 0 spiro atoms. The van der Waals surface area contributed by atoms with E-state index in [1.54, 1.807) is 7.05 Å². The van der Waals surface area contributed by atoms with Crippen LogP contribution in [0.1, 0.15) is 26.5 Å². The van der Waals surface area contributed by atoms with Crippen LogP contribution in [0.2, 0.25) is 0 Å². The minimum Gasteiger partial charge on any atom is -0.506 e. The summed E-state index contributed by atoms with van der Waals surface area (Å²) in [5.41, 5.74) is 0.000240. The van der Waals surface area contributed by atoms with E-state index in [0.717, 1.165) is 12.1 Å². The molecule has 1 aromatic carbocycles. The Kier molecular flexibility index (Phi) is 4.04. The van der Waals surface area contributed by atoms with E-state index in [9.17, 15) is 20.3 Å². The predicted octanol–water partition coefficient (Wildman–Crippen LogP) is 3.45. The normalized spacial score (nSPS) is 12.0. The molecule has 0 fully saturated rings. The first kappa shape index (κ1) is 16.4. The number of benzene rings is 1. The monoisotopic (exact) mass is 319 g/mol. The number of nitro benzene ring substituents is 1. The molecule has 0 radical (unpaired) electrons. The molecule has 0 aliphatic heterocycles. The number of rotatable bonds is 3.